The van der Waals surface area contributed by atoms with Gasteiger partial charge in [0.1, 0.15) is 5.75 Å². The number of halogens is 3. The Hall–Kier alpha value is -2.25. The highest BCUT2D eigenvalue weighted by molar-refractivity contribution is 5.83. The average molecular weight is 316 g/mol. The highest BCUT2D eigenvalue weighted by Crippen LogP contribution is 2.26. The van der Waals surface area contributed by atoms with E-state index in [1.165, 1.54) is 30.0 Å². The number of ether oxygens (including phenoxy) is 1. The monoisotopic (exact) mass is 316 g/mol. The topological polar surface area (TPSA) is 58.6 Å². The second-order valence-corrected chi connectivity index (χ2v) is 4.99. The summed E-state index contributed by atoms with van der Waals surface area (Å²) in [6.07, 6.45) is -4.78. The number of carbonyl (C=O) groups is 2. The molecular formula is C14H15F3N2O3. The molecule has 5 nitrogen and oxygen atoms in total. The summed E-state index contributed by atoms with van der Waals surface area (Å²) in [5.74, 6) is -1.05. The lowest BCUT2D eigenvalue weighted by atomic mass is 9.99. The van der Waals surface area contributed by atoms with Gasteiger partial charge >= 0.3 is 6.36 Å². The van der Waals surface area contributed by atoms with Crippen LogP contribution in [0.15, 0.2) is 24.3 Å². The summed E-state index contributed by atoms with van der Waals surface area (Å²) in [7, 11) is 0. The van der Waals surface area contributed by atoms with Crippen molar-refractivity contribution in [2.45, 2.75) is 19.8 Å². The number of alkyl halides is 3. The molecule has 1 aromatic rings. The molecule has 0 radical (unpaired) electrons. The van der Waals surface area contributed by atoms with Crippen molar-refractivity contribution in [3.63, 3.8) is 0 Å². The van der Waals surface area contributed by atoms with Gasteiger partial charge in [-0.3, -0.25) is 9.59 Å². The minimum Gasteiger partial charge on any atom is -0.405 e. The number of hydrogen-bond acceptors (Lipinski definition) is 3. The van der Waals surface area contributed by atoms with Crippen molar-refractivity contribution in [2.24, 2.45) is 5.92 Å². The van der Waals surface area contributed by atoms with Crippen LogP contribution in [0.3, 0.4) is 0 Å². The Balaban J connectivity index is 1.89. The third-order valence-electron chi connectivity index (χ3n) is 3.35. The van der Waals surface area contributed by atoms with Crippen molar-refractivity contribution in [2.75, 3.05) is 13.1 Å². The van der Waals surface area contributed by atoms with E-state index < -0.39 is 6.36 Å². The molecule has 1 aliphatic rings. The molecule has 0 saturated carbocycles. The van der Waals surface area contributed by atoms with Crippen molar-refractivity contribution in [3.8, 4) is 5.75 Å². The fraction of sp³-hybridized carbons (Fsp3) is 0.429. The fourth-order valence-corrected chi connectivity index (χ4v) is 2.10. The van der Waals surface area contributed by atoms with Crippen LogP contribution in [0.5, 0.6) is 5.75 Å². The zero-order valence-corrected chi connectivity index (χ0v) is 11.8. The van der Waals surface area contributed by atoms with Crippen LogP contribution in [0, 0.1) is 5.92 Å². The van der Waals surface area contributed by atoms with Crippen LogP contribution in [0.2, 0.25) is 0 Å². The second-order valence-electron chi connectivity index (χ2n) is 4.99. The lowest BCUT2D eigenvalue weighted by molar-refractivity contribution is -0.274. The molecule has 0 unspecified atom stereocenters. The Morgan fingerprint density at radius 1 is 1.32 bits per heavy atom. The molecule has 1 saturated heterocycles. The van der Waals surface area contributed by atoms with Gasteiger partial charge in [0.05, 0.1) is 5.92 Å². The van der Waals surface area contributed by atoms with Gasteiger partial charge in [-0.05, 0) is 6.07 Å². The van der Waals surface area contributed by atoms with E-state index in [1.54, 1.807) is 6.07 Å². The van der Waals surface area contributed by atoms with Crippen molar-refractivity contribution >= 4 is 11.8 Å². The molecule has 8 heteroatoms. The number of para-hydroxylation sites is 1. The van der Waals surface area contributed by atoms with E-state index >= 15 is 0 Å². The minimum absolute atomic E-state index is 0.0678. The molecule has 22 heavy (non-hydrogen) atoms. The van der Waals surface area contributed by atoms with Gasteiger partial charge in [-0.15, -0.1) is 13.2 Å². The molecule has 0 aromatic heterocycles. The van der Waals surface area contributed by atoms with Crippen LogP contribution in [0.25, 0.3) is 0 Å². The zero-order chi connectivity index (χ0) is 16.3. The van der Waals surface area contributed by atoms with Gasteiger partial charge in [-0.25, -0.2) is 0 Å². The molecule has 1 heterocycles. The first kappa shape index (κ1) is 16.1. The summed E-state index contributed by atoms with van der Waals surface area (Å²) in [5, 5.41) is 2.56. The van der Waals surface area contributed by atoms with Gasteiger partial charge in [0, 0.05) is 32.1 Å². The Kier molecular flexibility index (Phi) is 4.58. The smallest absolute Gasteiger partial charge is 0.405 e. The maximum atomic E-state index is 12.3. The van der Waals surface area contributed by atoms with E-state index in [4.69, 9.17) is 0 Å². The number of rotatable bonds is 4. The SMILES string of the molecule is CC(=O)N1CC(C(=O)NCc2ccccc2OC(F)(F)F)C1. The van der Waals surface area contributed by atoms with E-state index in [2.05, 4.69) is 10.1 Å². The molecular weight excluding hydrogens is 301 g/mol. The lowest BCUT2D eigenvalue weighted by Gasteiger charge is -2.37. The van der Waals surface area contributed by atoms with Gasteiger partial charge in [0.15, 0.2) is 0 Å². The van der Waals surface area contributed by atoms with Gasteiger partial charge in [0.25, 0.3) is 0 Å². The molecule has 0 spiro atoms. The summed E-state index contributed by atoms with van der Waals surface area (Å²) in [5.41, 5.74) is 0.232. The summed E-state index contributed by atoms with van der Waals surface area (Å²) in [4.78, 5) is 24.4. The van der Waals surface area contributed by atoms with Gasteiger partial charge < -0.3 is 15.0 Å². The normalized spacial score (nSPS) is 15.2. The maximum Gasteiger partial charge on any atom is 0.573 e. The Labute approximate surface area is 125 Å². The molecule has 0 aliphatic carbocycles. The fourth-order valence-electron chi connectivity index (χ4n) is 2.10. The van der Waals surface area contributed by atoms with Crippen LogP contribution in [0.1, 0.15) is 12.5 Å². The standard InChI is InChI=1S/C14H15F3N2O3/c1-9(20)19-7-11(8-19)13(21)18-6-10-4-2-3-5-12(10)22-14(15,16)17/h2-5,11H,6-8H2,1H3,(H,18,21). The van der Waals surface area contributed by atoms with Crippen LogP contribution >= 0.6 is 0 Å². The Morgan fingerprint density at radius 2 is 1.95 bits per heavy atom. The molecule has 0 bridgehead atoms. The molecule has 2 rings (SSSR count). The number of nitrogens with one attached hydrogen (secondary N) is 1. The highest BCUT2D eigenvalue weighted by atomic mass is 19.4. The number of hydrogen-bond donors (Lipinski definition) is 1. The van der Waals surface area contributed by atoms with Crippen LogP contribution in [-0.4, -0.2) is 36.2 Å². The van der Waals surface area contributed by atoms with Crippen molar-refractivity contribution < 1.29 is 27.5 Å². The maximum absolute atomic E-state index is 12.3. The minimum atomic E-state index is -4.78. The van der Waals surface area contributed by atoms with Crippen LogP contribution < -0.4 is 10.1 Å². The first-order valence-corrected chi connectivity index (χ1v) is 6.63. The van der Waals surface area contributed by atoms with E-state index in [0.29, 0.717) is 13.1 Å². The number of likely N-dealkylation sites (tertiary alicyclic amines) is 1. The number of carbonyl (C=O) groups excluding carboxylic acids is 2. The first-order valence-electron chi connectivity index (χ1n) is 6.63. The predicted molar refractivity (Wildman–Crippen MR) is 70.7 cm³/mol. The molecule has 2 amide bonds. The average Bonchev–Trinajstić information content (AvgIpc) is 2.33. The summed E-state index contributed by atoms with van der Waals surface area (Å²) in [6.45, 7) is 2.02. The summed E-state index contributed by atoms with van der Waals surface area (Å²) in [6, 6.07) is 5.62. The molecule has 0 atom stereocenters. The largest absolute Gasteiger partial charge is 0.573 e. The van der Waals surface area contributed by atoms with Crippen molar-refractivity contribution in [1.29, 1.82) is 0 Å². The molecule has 120 valence electrons. The zero-order valence-electron chi connectivity index (χ0n) is 11.8. The molecule has 1 aromatic carbocycles. The van der Waals surface area contributed by atoms with Crippen molar-refractivity contribution in [1.82, 2.24) is 10.2 Å². The third kappa shape index (κ3) is 4.12. The lowest BCUT2D eigenvalue weighted by Crippen LogP contribution is -2.55. The van der Waals surface area contributed by atoms with Crippen LogP contribution in [-0.2, 0) is 16.1 Å². The van der Waals surface area contributed by atoms with E-state index in [0.717, 1.165) is 0 Å². The number of nitrogens with zero attached hydrogens (tertiary/aromatic N) is 1. The first-order chi connectivity index (χ1) is 10.3. The van der Waals surface area contributed by atoms with Gasteiger partial charge in [-0.2, -0.15) is 0 Å². The summed E-state index contributed by atoms with van der Waals surface area (Å²) >= 11 is 0. The van der Waals surface area contributed by atoms with E-state index in [-0.39, 0.29) is 35.6 Å². The second kappa shape index (κ2) is 6.25. The molecule has 1 aliphatic heterocycles. The number of amides is 2. The molecule has 1 fully saturated rings. The van der Waals surface area contributed by atoms with Gasteiger partial charge in [-0.1, -0.05) is 18.2 Å². The predicted octanol–water partition coefficient (Wildman–Crippen LogP) is 1.68. The van der Waals surface area contributed by atoms with E-state index in [1.807, 2.05) is 0 Å². The molecule has 1 N–H and O–H groups in total. The highest BCUT2D eigenvalue weighted by Gasteiger charge is 2.34. The Bertz CT molecular complexity index is 569. The van der Waals surface area contributed by atoms with Crippen molar-refractivity contribution in [3.05, 3.63) is 29.8 Å². The van der Waals surface area contributed by atoms with Gasteiger partial charge in [0.2, 0.25) is 11.8 Å². The quantitative estimate of drug-likeness (QED) is 0.919. The van der Waals surface area contributed by atoms with E-state index in [9.17, 15) is 22.8 Å². The third-order valence-corrected chi connectivity index (χ3v) is 3.35. The van der Waals surface area contributed by atoms with Crippen LogP contribution in [0.4, 0.5) is 13.2 Å². The Morgan fingerprint density at radius 3 is 2.55 bits per heavy atom. The summed E-state index contributed by atoms with van der Waals surface area (Å²) < 4.78 is 40.8. The number of benzene rings is 1.